The molecule has 2 saturated heterocycles. The molecule has 0 spiro atoms. The SMILES string of the molecule is Cc1ccc(F)cc1CC(=O)N1CC[C@@](O)(C2CCOCC2)[C@H](C)C1. The van der Waals surface area contributed by atoms with Crippen LogP contribution in [0.15, 0.2) is 18.2 Å². The Bertz CT molecular complexity index is 629. The highest BCUT2D eigenvalue weighted by atomic mass is 19.1. The summed E-state index contributed by atoms with van der Waals surface area (Å²) in [5.74, 6) is -0.0234. The van der Waals surface area contributed by atoms with Gasteiger partial charge >= 0.3 is 0 Å². The molecule has 2 fully saturated rings. The lowest BCUT2D eigenvalue weighted by molar-refractivity contribution is -0.150. The van der Waals surface area contributed by atoms with Crippen molar-refractivity contribution in [2.75, 3.05) is 26.3 Å². The standard InChI is InChI=1S/C20H28FNO3/c1-14-3-4-18(21)11-16(14)12-19(23)22-8-7-20(24,15(2)13-22)17-5-9-25-10-6-17/h3-4,11,15,17,24H,5-10,12-13H2,1-2H3/t15-,20+/m1/s1. The molecule has 1 aromatic rings. The zero-order valence-electron chi connectivity index (χ0n) is 15.1. The Kier molecular flexibility index (Phi) is 5.44. The van der Waals surface area contributed by atoms with Crippen LogP contribution in [0.2, 0.25) is 0 Å². The molecule has 5 heteroatoms. The van der Waals surface area contributed by atoms with Crippen molar-refractivity contribution in [2.24, 2.45) is 11.8 Å². The maximum atomic E-state index is 13.4. The molecule has 2 heterocycles. The van der Waals surface area contributed by atoms with Crippen molar-refractivity contribution in [3.63, 3.8) is 0 Å². The number of hydrogen-bond acceptors (Lipinski definition) is 3. The van der Waals surface area contributed by atoms with E-state index in [4.69, 9.17) is 4.74 Å². The third-order valence-corrected chi connectivity index (χ3v) is 6.06. The Morgan fingerprint density at radius 1 is 1.40 bits per heavy atom. The quantitative estimate of drug-likeness (QED) is 0.913. The number of carbonyl (C=O) groups is 1. The number of ether oxygens (including phenoxy) is 1. The van der Waals surface area contributed by atoms with Crippen LogP contribution in [0.5, 0.6) is 0 Å². The Hall–Kier alpha value is -1.46. The van der Waals surface area contributed by atoms with Crippen LogP contribution in [-0.4, -0.2) is 47.8 Å². The van der Waals surface area contributed by atoms with E-state index < -0.39 is 5.60 Å². The van der Waals surface area contributed by atoms with Gasteiger partial charge in [0.05, 0.1) is 12.0 Å². The lowest BCUT2D eigenvalue weighted by Gasteiger charge is -2.48. The van der Waals surface area contributed by atoms with Crippen molar-refractivity contribution in [1.29, 1.82) is 0 Å². The first-order chi connectivity index (χ1) is 11.9. The molecule has 3 rings (SSSR count). The summed E-state index contributed by atoms with van der Waals surface area (Å²) in [5, 5.41) is 11.2. The second-order valence-corrected chi connectivity index (χ2v) is 7.62. The minimum Gasteiger partial charge on any atom is -0.389 e. The zero-order valence-corrected chi connectivity index (χ0v) is 15.1. The number of carbonyl (C=O) groups excluding carboxylic acids is 1. The van der Waals surface area contributed by atoms with Crippen molar-refractivity contribution >= 4 is 5.91 Å². The number of rotatable bonds is 3. The van der Waals surface area contributed by atoms with Crippen LogP contribution in [0.25, 0.3) is 0 Å². The van der Waals surface area contributed by atoms with Gasteiger partial charge in [0.25, 0.3) is 0 Å². The fourth-order valence-electron chi connectivity index (χ4n) is 4.28. The second kappa shape index (κ2) is 7.42. The summed E-state index contributed by atoms with van der Waals surface area (Å²) in [4.78, 5) is 14.5. The Morgan fingerprint density at radius 3 is 2.80 bits per heavy atom. The molecule has 0 radical (unpaired) electrons. The van der Waals surface area contributed by atoms with E-state index in [0.717, 1.165) is 24.0 Å². The molecular formula is C20H28FNO3. The topological polar surface area (TPSA) is 49.8 Å². The third kappa shape index (κ3) is 3.87. The summed E-state index contributed by atoms with van der Waals surface area (Å²) in [6.45, 7) is 6.46. The number of likely N-dealkylation sites (tertiary alicyclic amines) is 1. The number of benzene rings is 1. The van der Waals surface area contributed by atoms with Gasteiger partial charge in [0, 0.05) is 32.2 Å². The smallest absolute Gasteiger partial charge is 0.227 e. The molecule has 1 aromatic carbocycles. The minimum atomic E-state index is -0.713. The first-order valence-electron chi connectivity index (χ1n) is 9.23. The Labute approximate surface area is 149 Å². The Balaban J connectivity index is 1.64. The van der Waals surface area contributed by atoms with Crippen molar-refractivity contribution in [1.82, 2.24) is 4.90 Å². The van der Waals surface area contributed by atoms with Gasteiger partial charge in [-0.05, 0) is 55.4 Å². The highest BCUT2D eigenvalue weighted by Crippen LogP contribution is 2.39. The number of piperidine rings is 1. The molecular weight excluding hydrogens is 321 g/mol. The van der Waals surface area contributed by atoms with E-state index in [0.29, 0.717) is 32.7 Å². The zero-order chi connectivity index (χ0) is 18.0. The fraction of sp³-hybridized carbons (Fsp3) is 0.650. The van der Waals surface area contributed by atoms with E-state index in [1.54, 1.807) is 6.07 Å². The van der Waals surface area contributed by atoms with Gasteiger partial charge in [0.2, 0.25) is 5.91 Å². The van der Waals surface area contributed by atoms with E-state index >= 15 is 0 Å². The van der Waals surface area contributed by atoms with E-state index in [2.05, 4.69) is 0 Å². The summed E-state index contributed by atoms with van der Waals surface area (Å²) in [6.07, 6.45) is 2.59. The molecule has 0 saturated carbocycles. The van der Waals surface area contributed by atoms with E-state index in [9.17, 15) is 14.3 Å². The Morgan fingerprint density at radius 2 is 2.12 bits per heavy atom. The lowest BCUT2D eigenvalue weighted by atomic mass is 9.70. The van der Waals surface area contributed by atoms with E-state index in [1.165, 1.54) is 12.1 Å². The lowest BCUT2D eigenvalue weighted by Crippen LogP contribution is -2.57. The highest BCUT2D eigenvalue weighted by Gasteiger charge is 2.45. The first kappa shape index (κ1) is 18.3. The largest absolute Gasteiger partial charge is 0.389 e. The van der Waals surface area contributed by atoms with Gasteiger partial charge < -0.3 is 14.7 Å². The summed E-state index contributed by atoms with van der Waals surface area (Å²) in [7, 11) is 0. The highest BCUT2D eigenvalue weighted by molar-refractivity contribution is 5.79. The minimum absolute atomic E-state index is 0.00887. The molecule has 1 N–H and O–H groups in total. The maximum Gasteiger partial charge on any atom is 0.227 e. The predicted molar refractivity (Wildman–Crippen MR) is 93.7 cm³/mol. The maximum absolute atomic E-state index is 13.4. The van der Waals surface area contributed by atoms with Gasteiger partial charge in [-0.1, -0.05) is 13.0 Å². The molecule has 25 heavy (non-hydrogen) atoms. The van der Waals surface area contributed by atoms with Crippen LogP contribution in [0.1, 0.15) is 37.3 Å². The van der Waals surface area contributed by atoms with Crippen molar-refractivity contribution < 1.29 is 19.0 Å². The first-order valence-corrected chi connectivity index (χ1v) is 9.23. The molecule has 0 aromatic heterocycles. The van der Waals surface area contributed by atoms with Crippen LogP contribution in [0.4, 0.5) is 4.39 Å². The molecule has 0 bridgehead atoms. The summed E-state index contributed by atoms with van der Waals surface area (Å²) in [5.41, 5.74) is 0.955. The second-order valence-electron chi connectivity index (χ2n) is 7.62. The normalized spacial score (nSPS) is 28.2. The van der Waals surface area contributed by atoms with Gasteiger partial charge in [-0.3, -0.25) is 4.79 Å². The van der Waals surface area contributed by atoms with Gasteiger partial charge in [0.15, 0.2) is 0 Å². The van der Waals surface area contributed by atoms with Crippen LogP contribution < -0.4 is 0 Å². The van der Waals surface area contributed by atoms with Crippen molar-refractivity contribution in [3.8, 4) is 0 Å². The van der Waals surface area contributed by atoms with Gasteiger partial charge in [-0.2, -0.15) is 0 Å². The van der Waals surface area contributed by atoms with Crippen LogP contribution in [0, 0.1) is 24.6 Å². The molecule has 1 amide bonds. The van der Waals surface area contributed by atoms with Crippen LogP contribution in [0.3, 0.4) is 0 Å². The number of amides is 1. The number of halogens is 1. The number of aliphatic hydroxyl groups is 1. The number of aryl methyl sites for hydroxylation is 1. The summed E-state index contributed by atoms with van der Waals surface area (Å²) < 4.78 is 18.9. The predicted octanol–water partition coefficient (Wildman–Crippen LogP) is 2.70. The average Bonchev–Trinajstić information content (AvgIpc) is 2.61. The number of hydrogen-bond donors (Lipinski definition) is 1. The van der Waals surface area contributed by atoms with E-state index in [-0.39, 0.29) is 30.0 Å². The fourth-order valence-corrected chi connectivity index (χ4v) is 4.28. The molecule has 2 aliphatic heterocycles. The van der Waals surface area contributed by atoms with Gasteiger partial charge in [-0.25, -0.2) is 4.39 Å². The number of nitrogens with zero attached hydrogens (tertiary/aromatic N) is 1. The van der Waals surface area contributed by atoms with Crippen molar-refractivity contribution in [3.05, 3.63) is 35.1 Å². The van der Waals surface area contributed by atoms with Gasteiger partial charge in [-0.15, -0.1) is 0 Å². The van der Waals surface area contributed by atoms with Crippen LogP contribution in [-0.2, 0) is 16.0 Å². The molecule has 138 valence electrons. The average molecular weight is 349 g/mol. The molecule has 2 aliphatic rings. The summed E-state index contributed by atoms with van der Waals surface area (Å²) in [6, 6.07) is 4.57. The monoisotopic (exact) mass is 349 g/mol. The summed E-state index contributed by atoms with van der Waals surface area (Å²) >= 11 is 0. The third-order valence-electron chi connectivity index (χ3n) is 6.06. The molecule has 0 aliphatic carbocycles. The molecule has 2 atom stereocenters. The van der Waals surface area contributed by atoms with E-state index in [1.807, 2.05) is 18.7 Å². The molecule has 0 unspecified atom stereocenters. The van der Waals surface area contributed by atoms with Crippen molar-refractivity contribution in [2.45, 2.75) is 45.1 Å². The molecule has 4 nitrogen and oxygen atoms in total. The van der Waals surface area contributed by atoms with Gasteiger partial charge in [0.1, 0.15) is 5.82 Å². The van der Waals surface area contributed by atoms with Crippen LogP contribution >= 0.6 is 0 Å².